The molecule has 0 saturated carbocycles. The lowest BCUT2D eigenvalue weighted by atomic mass is 10.1. The van der Waals surface area contributed by atoms with Crippen molar-refractivity contribution in [2.75, 3.05) is 0 Å². The predicted molar refractivity (Wildman–Crippen MR) is 108 cm³/mol. The molecule has 0 aliphatic heterocycles. The average Bonchev–Trinajstić information content (AvgIpc) is 3.23. The molecule has 0 unspecified atom stereocenters. The van der Waals surface area contributed by atoms with E-state index < -0.39 is 0 Å². The number of rotatable bonds is 5. The molecule has 6 heteroatoms. The second-order valence-electron chi connectivity index (χ2n) is 6.12. The summed E-state index contributed by atoms with van der Waals surface area (Å²) in [5.41, 5.74) is 2.73. The molecule has 5 nitrogen and oxygen atoms in total. The number of nitrogens with one attached hydrogen (secondary N) is 1. The minimum Gasteiger partial charge on any atom is -0.348 e. The third-order valence-corrected chi connectivity index (χ3v) is 4.57. The molecule has 0 radical (unpaired) electrons. The largest absolute Gasteiger partial charge is 0.348 e. The van der Waals surface area contributed by atoms with Gasteiger partial charge in [0.1, 0.15) is 0 Å². The summed E-state index contributed by atoms with van der Waals surface area (Å²) < 4.78 is 5.41. The zero-order valence-corrected chi connectivity index (χ0v) is 15.6. The highest BCUT2D eigenvalue weighted by atomic mass is 35.5. The maximum absolute atomic E-state index is 12.7. The summed E-state index contributed by atoms with van der Waals surface area (Å²) in [5, 5.41) is 7.47. The van der Waals surface area contributed by atoms with E-state index in [0.717, 1.165) is 5.56 Å². The van der Waals surface area contributed by atoms with Gasteiger partial charge in [-0.25, -0.2) is 0 Å². The van der Waals surface area contributed by atoms with Crippen LogP contribution >= 0.6 is 11.6 Å². The highest BCUT2D eigenvalue weighted by molar-refractivity contribution is 6.33. The van der Waals surface area contributed by atoms with Crippen molar-refractivity contribution in [2.24, 2.45) is 0 Å². The van der Waals surface area contributed by atoms with Crippen LogP contribution in [-0.2, 0) is 6.54 Å². The van der Waals surface area contributed by atoms with Crippen molar-refractivity contribution in [1.29, 1.82) is 0 Å². The summed E-state index contributed by atoms with van der Waals surface area (Å²) >= 11 is 6.21. The van der Waals surface area contributed by atoms with Gasteiger partial charge in [-0.2, -0.15) is 4.98 Å². The topological polar surface area (TPSA) is 68.0 Å². The molecule has 3 aromatic carbocycles. The lowest BCUT2D eigenvalue weighted by molar-refractivity contribution is 0.0951. The fourth-order valence-corrected chi connectivity index (χ4v) is 3.05. The van der Waals surface area contributed by atoms with Gasteiger partial charge in [0.2, 0.25) is 5.82 Å². The van der Waals surface area contributed by atoms with Crippen molar-refractivity contribution in [3.8, 4) is 22.8 Å². The summed E-state index contributed by atoms with van der Waals surface area (Å²) in [6, 6.07) is 24.1. The van der Waals surface area contributed by atoms with Gasteiger partial charge in [-0.05, 0) is 29.8 Å². The van der Waals surface area contributed by atoms with Gasteiger partial charge in [-0.1, -0.05) is 71.4 Å². The standard InChI is InChI=1S/C22H16ClN3O2/c23-19-13-7-6-12-18(19)20-25-22(28-26-20)17-11-5-4-10-16(17)21(27)24-14-15-8-2-1-3-9-15/h1-13H,14H2,(H,24,27). The van der Waals surface area contributed by atoms with Crippen LogP contribution in [0.1, 0.15) is 15.9 Å². The van der Waals surface area contributed by atoms with Crippen LogP contribution in [0.3, 0.4) is 0 Å². The summed E-state index contributed by atoms with van der Waals surface area (Å²) in [6.45, 7) is 0.433. The van der Waals surface area contributed by atoms with Gasteiger partial charge in [0.15, 0.2) is 0 Å². The van der Waals surface area contributed by atoms with Crippen molar-refractivity contribution >= 4 is 17.5 Å². The zero-order valence-electron chi connectivity index (χ0n) is 14.8. The van der Waals surface area contributed by atoms with Crippen molar-refractivity contribution in [3.05, 3.63) is 95.0 Å². The lowest BCUT2D eigenvalue weighted by Crippen LogP contribution is -2.23. The third-order valence-electron chi connectivity index (χ3n) is 4.24. The minimum atomic E-state index is -0.211. The molecule has 28 heavy (non-hydrogen) atoms. The van der Waals surface area contributed by atoms with E-state index in [-0.39, 0.29) is 11.8 Å². The van der Waals surface area contributed by atoms with Crippen LogP contribution in [0.5, 0.6) is 0 Å². The molecular weight excluding hydrogens is 374 g/mol. The Kier molecular flexibility index (Phi) is 5.17. The molecule has 4 rings (SSSR count). The summed E-state index contributed by atoms with van der Waals surface area (Å²) in [7, 11) is 0. The molecule has 1 N–H and O–H groups in total. The first-order valence-electron chi connectivity index (χ1n) is 8.72. The lowest BCUT2D eigenvalue weighted by Gasteiger charge is -2.08. The molecule has 0 bridgehead atoms. The fraction of sp³-hybridized carbons (Fsp3) is 0.0455. The van der Waals surface area contributed by atoms with E-state index in [0.29, 0.717) is 34.1 Å². The smallest absolute Gasteiger partial charge is 0.259 e. The van der Waals surface area contributed by atoms with Crippen LogP contribution < -0.4 is 5.32 Å². The Bertz CT molecular complexity index is 1110. The first-order chi connectivity index (χ1) is 13.7. The van der Waals surface area contributed by atoms with E-state index in [1.54, 1.807) is 24.3 Å². The Balaban J connectivity index is 1.60. The van der Waals surface area contributed by atoms with Crippen LogP contribution in [-0.4, -0.2) is 16.0 Å². The number of carbonyl (C=O) groups is 1. The summed E-state index contributed by atoms with van der Waals surface area (Å²) in [5.74, 6) is 0.428. The number of hydrogen-bond acceptors (Lipinski definition) is 4. The second kappa shape index (κ2) is 8.06. The number of carbonyl (C=O) groups excluding carboxylic acids is 1. The van der Waals surface area contributed by atoms with Crippen LogP contribution in [0, 0.1) is 0 Å². The van der Waals surface area contributed by atoms with Crippen molar-refractivity contribution in [2.45, 2.75) is 6.54 Å². The molecule has 0 atom stereocenters. The molecule has 0 fully saturated rings. The maximum atomic E-state index is 12.7. The van der Waals surface area contributed by atoms with Gasteiger partial charge >= 0.3 is 0 Å². The molecule has 138 valence electrons. The first kappa shape index (κ1) is 17.9. The zero-order chi connectivity index (χ0) is 19.3. The van der Waals surface area contributed by atoms with Gasteiger partial charge in [0, 0.05) is 12.1 Å². The van der Waals surface area contributed by atoms with Crippen LogP contribution in [0.25, 0.3) is 22.8 Å². The molecule has 0 saturated heterocycles. The van der Waals surface area contributed by atoms with Crippen molar-refractivity contribution < 1.29 is 9.32 Å². The Hall–Kier alpha value is -3.44. The van der Waals surface area contributed by atoms with Crippen LogP contribution in [0.15, 0.2) is 83.4 Å². The average molecular weight is 390 g/mol. The van der Waals surface area contributed by atoms with Gasteiger partial charge in [0.25, 0.3) is 11.8 Å². The molecular formula is C22H16ClN3O2. The highest BCUT2D eigenvalue weighted by Gasteiger charge is 2.18. The molecule has 1 aromatic heterocycles. The number of amides is 1. The van der Waals surface area contributed by atoms with Crippen LogP contribution in [0.4, 0.5) is 0 Å². The number of hydrogen-bond donors (Lipinski definition) is 1. The highest BCUT2D eigenvalue weighted by Crippen LogP contribution is 2.28. The molecule has 0 aliphatic rings. The summed E-state index contributed by atoms with van der Waals surface area (Å²) in [4.78, 5) is 17.2. The molecule has 0 aliphatic carbocycles. The van der Waals surface area contributed by atoms with E-state index in [9.17, 15) is 4.79 Å². The molecule has 4 aromatic rings. The minimum absolute atomic E-state index is 0.211. The normalized spacial score (nSPS) is 10.6. The molecule has 1 amide bonds. The first-order valence-corrected chi connectivity index (χ1v) is 9.10. The number of nitrogens with zero attached hydrogens (tertiary/aromatic N) is 2. The second-order valence-corrected chi connectivity index (χ2v) is 6.52. The Morgan fingerprint density at radius 2 is 1.57 bits per heavy atom. The van der Waals surface area contributed by atoms with E-state index in [2.05, 4.69) is 15.5 Å². The third kappa shape index (κ3) is 3.80. The van der Waals surface area contributed by atoms with Gasteiger partial charge < -0.3 is 9.84 Å². The van der Waals surface area contributed by atoms with Gasteiger partial charge in [-0.3, -0.25) is 4.79 Å². The monoisotopic (exact) mass is 389 g/mol. The fourth-order valence-electron chi connectivity index (χ4n) is 2.83. The molecule has 0 spiro atoms. The van der Waals surface area contributed by atoms with E-state index in [1.165, 1.54) is 0 Å². The Labute approximate surface area is 167 Å². The Morgan fingerprint density at radius 1 is 0.893 bits per heavy atom. The predicted octanol–water partition coefficient (Wildman–Crippen LogP) is 4.99. The quantitative estimate of drug-likeness (QED) is 0.522. The number of aromatic nitrogens is 2. The Morgan fingerprint density at radius 3 is 2.36 bits per heavy atom. The summed E-state index contributed by atoms with van der Waals surface area (Å²) in [6.07, 6.45) is 0. The maximum Gasteiger partial charge on any atom is 0.259 e. The van der Waals surface area contributed by atoms with Crippen molar-refractivity contribution in [3.63, 3.8) is 0 Å². The van der Waals surface area contributed by atoms with E-state index >= 15 is 0 Å². The van der Waals surface area contributed by atoms with Gasteiger partial charge in [0.05, 0.1) is 16.1 Å². The van der Waals surface area contributed by atoms with Crippen molar-refractivity contribution in [1.82, 2.24) is 15.5 Å². The van der Waals surface area contributed by atoms with Crippen LogP contribution in [0.2, 0.25) is 5.02 Å². The SMILES string of the molecule is O=C(NCc1ccccc1)c1ccccc1-c1nc(-c2ccccc2Cl)no1. The number of halogens is 1. The van der Waals surface area contributed by atoms with E-state index in [1.807, 2.05) is 54.6 Å². The van der Waals surface area contributed by atoms with E-state index in [4.69, 9.17) is 16.1 Å². The van der Waals surface area contributed by atoms with Gasteiger partial charge in [-0.15, -0.1) is 0 Å². The number of benzene rings is 3. The molecule has 1 heterocycles.